The summed E-state index contributed by atoms with van der Waals surface area (Å²) in [7, 11) is -3.68. The third-order valence-electron chi connectivity index (χ3n) is 3.08. The quantitative estimate of drug-likeness (QED) is 0.647. The number of piperazine rings is 1. The van der Waals surface area contributed by atoms with E-state index < -0.39 is 15.1 Å². The number of nitrogens with zero attached hydrogens (tertiary/aromatic N) is 3. The average Bonchev–Trinajstić information content (AvgIpc) is 2.37. The summed E-state index contributed by atoms with van der Waals surface area (Å²) in [6.45, 7) is 1.36. The first-order chi connectivity index (χ1) is 9.29. The maximum Gasteiger partial charge on any atom is 0.277 e. The van der Waals surface area contributed by atoms with Crippen molar-refractivity contribution in [1.82, 2.24) is 4.31 Å². The number of halogens is 1. The fourth-order valence-electron chi connectivity index (χ4n) is 2.05. The van der Waals surface area contributed by atoms with Gasteiger partial charge in [-0.15, -0.1) is 0 Å². The lowest BCUT2D eigenvalue weighted by Gasteiger charge is -2.34. The highest BCUT2D eigenvalue weighted by Gasteiger charge is 2.25. The van der Waals surface area contributed by atoms with E-state index in [2.05, 4.69) is 0 Å². The highest BCUT2D eigenvalue weighted by atomic mass is 35.5. The van der Waals surface area contributed by atoms with Gasteiger partial charge in [-0.05, 0) is 6.07 Å². The zero-order valence-electron chi connectivity index (χ0n) is 10.4. The van der Waals surface area contributed by atoms with E-state index in [1.165, 1.54) is 16.4 Å². The number of non-ortho nitro benzene ring substituents is 1. The summed E-state index contributed by atoms with van der Waals surface area (Å²) in [6, 6.07) is 4.21. The van der Waals surface area contributed by atoms with Gasteiger partial charge in [-0.25, -0.2) is 5.14 Å². The summed E-state index contributed by atoms with van der Waals surface area (Å²) < 4.78 is 23.6. The lowest BCUT2D eigenvalue weighted by Crippen LogP contribution is -2.50. The number of anilines is 1. The molecule has 10 heteroatoms. The van der Waals surface area contributed by atoms with Gasteiger partial charge in [-0.2, -0.15) is 12.7 Å². The molecule has 8 nitrogen and oxygen atoms in total. The largest absolute Gasteiger partial charge is 0.368 e. The van der Waals surface area contributed by atoms with Crippen molar-refractivity contribution in [3.63, 3.8) is 0 Å². The molecule has 1 aliphatic heterocycles. The van der Waals surface area contributed by atoms with Gasteiger partial charge in [0.25, 0.3) is 15.9 Å². The first-order valence-electron chi connectivity index (χ1n) is 5.76. The minimum absolute atomic E-state index is 0.0816. The molecule has 0 saturated carbocycles. The van der Waals surface area contributed by atoms with E-state index in [1.54, 1.807) is 6.07 Å². The molecular weight excluding hydrogens is 308 g/mol. The molecule has 0 aliphatic carbocycles. The number of nitro groups is 1. The van der Waals surface area contributed by atoms with Gasteiger partial charge in [0, 0.05) is 38.3 Å². The summed E-state index contributed by atoms with van der Waals surface area (Å²) in [4.78, 5) is 12.0. The molecule has 110 valence electrons. The second-order valence-corrected chi connectivity index (χ2v) is 6.28. The molecule has 0 amide bonds. The third kappa shape index (κ3) is 3.18. The van der Waals surface area contributed by atoms with Crippen LogP contribution in [0.3, 0.4) is 0 Å². The van der Waals surface area contributed by atoms with Crippen LogP contribution in [0.4, 0.5) is 11.4 Å². The van der Waals surface area contributed by atoms with E-state index >= 15 is 0 Å². The lowest BCUT2D eigenvalue weighted by atomic mass is 10.2. The Morgan fingerprint density at radius 1 is 1.25 bits per heavy atom. The Morgan fingerprint density at radius 3 is 2.30 bits per heavy atom. The summed E-state index contributed by atoms with van der Waals surface area (Å²) in [5.41, 5.74) is 0.563. The van der Waals surface area contributed by atoms with Crippen molar-refractivity contribution in [2.24, 2.45) is 5.14 Å². The van der Waals surface area contributed by atoms with Crippen molar-refractivity contribution >= 4 is 33.2 Å². The van der Waals surface area contributed by atoms with Gasteiger partial charge < -0.3 is 4.90 Å². The summed E-state index contributed by atoms with van der Waals surface area (Å²) >= 11 is 6.03. The van der Waals surface area contributed by atoms with Gasteiger partial charge in [0.15, 0.2) is 0 Å². The summed E-state index contributed by atoms with van der Waals surface area (Å²) in [6.07, 6.45) is 0. The van der Waals surface area contributed by atoms with E-state index in [9.17, 15) is 18.5 Å². The van der Waals surface area contributed by atoms with E-state index in [0.29, 0.717) is 18.8 Å². The minimum atomic E-state index is -3.68. The molecule has 0 unspecified atom stereocenters. The zero-order chi connectivity index (χ0) is 14.9. The number of hydrogen-bond acceptors (Lipinski definition) is 5. The molecule has 1 fully saturated rings. The van der Waals surface area contributed by atoms with E-state index in [-0.39, 0.29) is 23.8 Å². The Labute approximate surface area is 121 Å². The van der Waals surface area contributed by atoms with Crippen molar-refractivity contribution in [3.05, 3.63) is 33.3 Å². The van der Waals surface area contributed by atoms with Crippen LogP contribution in [0.1, 0.15) is 0 Å². The first-order valence-corrected chi connectivity index (χ1v) is 7.64. The van der Waals surface area contributed by atoms with Crippen LogP contribution in [0.25, 0.3) is 0 Å². The average molecular weight is 321 g/mol. The molecule has 1 saturated heterocycles. The van der Waals surface area contributed by atoms with Crippen molar-refractivity contribution in [2.45, 2.75) is 0 Å². The molecule has 20 heavy (non-hydrogen) atoms. The van der Waals surface area contributed by atoms with Crippen LogP contribution in [0.15, 0.2) is 18.2 Å². The molecule has 0 bridgehead atoms. The molecule has 0 aromatic heterocycles. The number of nitro benzene ring substituents is 1. The third-order valence-corrected chi connectivity index (χ3v) is 4.47. The van der Waals surface area contributed by atoms with Crippen LogP contribution in [0, 0.1) is 10.1 Å². The lowest BCUT2D eigenvalue weighted by molar-refractivity contribution is -0.384. The Bertz CT molecular complexity index is 628. The van der Waals surface area contributed by atoms with Crippen LogP contribution in [-0.2, 0) is 10.2 Å². The SMILES string of the molecule is NS(=O)(=O)N1CCN(c2ccc([N+](=O)[O-])cc2Cl)CC1. The van der Waals surface area contributed by atoms with Crippen LogP contribution >= 0.6 is 11.6 Å². The number of nitrogens with two attached hydrogens (primary N) is 1. The fourth-order valence-corrected chi connectivity index (χ4v) is 3.02. The molecule has 1 aliphatic rings. The van der Waals surface area contributed by atoms with Gasteiger partial charge in [-0.3, -0.25) is 10.1 Å². The smallest absolute Gasteiger partial charge is 0.277 e. The van der Waals surface area contributed by atoms with E-state index in [1.807, 2.05) is 4.90 Å². The molecule has 1 aromatic carbocycles. The van der Waals surface area contributed by atoms with Crippen LogP contribution in [0.2, 0.25) is 5.02 Å². The van der Waals surface area contributed by atoms with Gasteiger partial charge in [0.05, 0.1) is 15.6 Å². The number of rotatable bonds is 3. The number of benzene rings is 1. The van der Waals surface area contributed by atoms with Gasteiger partial charge in [-0.1, -0.05) is 11.6 Å². The minimum Gasteiger partial charge on any atom is -0.368 e. The molecule has 2 N–H and O–H groups in total. The molecule has 2 rings (SSSR count). The molecule has 1 aromatic rings. The molecule has 1 heterocycles. The highest BCUT2D eigenvalue weighted by Crippen LogP contribution is 2.30. The Morgan fingerprint density at radius 2 is 1.85 bits per heavy atom. The fraction of sp³-hybridized carbons (Fsp3) is 0.400. The molecule has 0 radical (unpaired) electrons. The van der Waals surface area contributed by atoms with Crippen LogP contribution in [0.5, 0.6) is 0 Å². The second kappa shape index (κ2) is 5.52. The Hall–Kier alpha value is -1.42. The van der Waals surface area contributed by atoms with Crippen molar-refractivity contribution in [1.29, 1.82) is 0 Å². The molecule has 0 spiro atoms. The second-order valence-electron chi connectivity index (χ2n) is 4.32. The van der Waals surface area contributed by atoms with Gasteiger partial charge in [0.2, 0.25) is 0 Å². The van der Waals surface area contributed by atoms with E-state index in [4.69, 9.17) is 16.7 Å². The molecule has 0 atom stereocenters. The zero-order valence-corrected chi connectivity index (χ0v) is 12.0. The maximum absolute atomic E-state index is 11.2. The van der Waals surface area contributed by atoms with Crippen molar-refractivity contribution in [3.8, 4) is 0 Å². The monoisotopic (exact) mass is 320 g/mol. The Kier molecular flexibility index (Phi) is 4.14. The van der Waals surface area contributed by atoms with Crippen molar-refractivity contribution in [2.75, 3.05) is 31.1 Å². The predicted octanol–water partition coefficient (Wildman–Crippen LogP) is 0.574. The normalized spacial score (nSPS) is 17.2. The molecular formula is C10H13ClN4O4S. The van der Waals surface area contributed by atoms with Gasteiger partial charge in [0.1, 0.15) is 0 Å². The topological polar surface area (TPSA) is 110 Å². The summed E-state index contributed by atoms with van der Waals surface area (Å²) in [5, 5.41) is 16.0. The number of hydrogen-bond donors (Lipinski definition) is 1. The first kappa shape index (κ1) is 15.0. The van der Waals surface area contributed by atoms with Gasteiger partial charge >= 0.3 is 0 Å². The summed E-state index contributed by atoms with van der Waals surface area (Å²) in [5.74, 6) is 0. The highest BCUT2D eigenvalue weighted by molar-refractivity contribution is 7.86. The standard InChI is InChI=1S/C10H13ClN4O4S/c11-9-7-8(15(16)17)1-2-10(9)13-3-5-14(6-4-13)20(12,18)19/h1-2,7H,3-6H2,(H2,12,18,19). The Balaban J connectivity index is 2.13. The van der Waals surface area contributed by atoms with Crippen LogP contribution < -0.4 is 10.0 Å². The van der Waals surface area contributed by atoms with Crippen molar-refractivity contribution < 1.29 is 13.3 Å². The predicted molar refractivity (Wildman–Crippen MR) is 75.0 cm³/mol. The van der Waals surface area contributed by atoms with E-state index in [0.717, 1.165) is 0 Å². The maximum atomic E-state index is 11.2. The van der Waals surface area contributed by atoms with Crippen LogP contribution in [-0.4, -0.2) is 43.8 Å².